The lowest BCUT2D eigenvalue weighted by atomic mass is 9.97. The SMILES string of the molecule is CC(=O)OC[C@@H]1O[C@@H](Oc2cc(C(C)C)ccc2C)[C@@H](OC(C)=O)[C@H](OC(C)=O)[C@H]1OC(C)=O. The van der Waals surface area contributed by atoms with Gasteiger partial charge in [0, 0.05) is 27.7 Å². The van der Waals surface area contributed by atoms with Crippen LogP contribution in [0, 0.1) is 6.92 Å². The largest absolute Gasteiger partial charge is 0.463 e. The number of ether oxygens (including phenoxy) is 6. The molecule has 1 aromatic carbocycles. The Morgan fingerprint density at radius 2 is 1.41 bits per heavy atom. The molecule has 0 radical (unpaired) electrons. The van der Waals surface area contributed by atoms with Gasteiger partial charge >= 0.3 is 23.9 Å². The summed E-state index contributed by atoms with van der Waals surface area (Å²) < 4.78 is 33.4. The number of aryl methyl sites for hydroxylation is 1. The van der Waals surface area contributed by atoms with Gasteiger partial charge in [-0.25, -0.2) is 0 Å². The molecule has 0 saturated carbocycles. The Morgan fingerprint density at radius 1 is 0.853 bits per heavy atom. The lowest BCUT2D eigenvalue weighted by Crippen LogP contribution is -2.63. The van der Waals surface area contributed by atoms with Gasteiger partial charge in [0.2, 0.25) is 12.4 Å². The fourth-order valence-corrected chi connectivity index (χ4v) is 3.51. The summed E-state index contributed by atoms with van der Waals surface area (Å²) in [7, 11) is 0. The number of hydrogen-bond acceptors (Lipinski definition) is 10. The Morgan fingerprint density at radius 3 is 1.94 bits per heavy atom. The van der Waals surface area contributed by atoms with E-state index in [9.17, 15) is 19.2 Å². The van der Waals surface area contributed by atoms with Crippen molar-refractivity contribution < 1.29 is 47.6 Å². The molecule has 0 aromatic heterocycles. The first-order valence-electron chi connectivity index (χ1n) is 11.0. The van der Waals surface area contributed by atoms with Gasteiger partial charge in [0.1, 0.15) is 18.5 Å². The zero-order chi connectivity index (χ0) is 25.6. The third-order valence-corrected chi connectivity index (χ3v) is 5.07. The van der Waals surface area contributed by atoms with Crippen LogP contribution in [-0.2, 0) is 42.9 Å². The lowest BCUT2D eigenvalue weighted by Gasteiger charge is -2.44. The molecular weight excluding hydrogens is 448 g/mol. The molecule has 1 saturated heterocycles. The van der Waals surface area contributed by atoms with Crippen LogP contribution < -0.4 is 4.74 Å². The molecule has 1 aliphatic rings. The van der Waals surface area contributed by atoms with Crippen LogP contribution in [0.25, 0.3) is 0 Å². The summed E-state index contributed by atoms with van der Waals surface area (Å²) in [5.41, 5.74) is 1.79. The zero-order valence-corrected chi connectivity index (χ0v) is 20.5. The highest BCUT2D eigenvalue weighted by Crippen LogP contribution is 2.33. The fraction of sp³-hybridized carbons (Fsp3) is 0.583. The quantitative estimate of drug-likeness (QED) is 0.405. The topological polar surface area (TPSA) is 124 Å². The number of rotatable bonds is 8. The van der Waals surface area contributed by atoms with Crippen molar-refractivity contribution in [1.29, 1.82) is 0 Å². The van der Waals surface area contributed by atoms with Crippen molar-refractivity contribution >= 4 is 23.9 Å². The zero-order valence-electron chi connectivity index (χ0n) is 20.5. The normalized spacial score (nSPS) is 24.2. The monoisotopic (exact) mass is 480 g/mol. The van der Waals surface area contributed by atoms with Crippen molar-refractivity contribution in [2.75, 3.05) is 6.61 Å². The summed E-state index contributed by atoms with van der Waals surface area (Å²) in [4.78, 5) is 47.1. The van der Waals surface area contributed by atoms with Gasteiger partial charge in [-0.3, -0.25) is 19.2 Å². The molecule has 34 heavy (non-hydrogen) atoms. The van der Waals surface area contributed by atoms with E-state index in [1.807, 2.05) is 39.0 Å². The van der Waals surface area contributed by atoms with Gasteiger partial charge in [-0.1, -0.05) is 26.0 Å². The van der Waals surface area contributed by atoms with Crippen molar-refractivity contribution in [3.05, 3.63) is 29.3 Å². The van der Waals surface area contributed by atoms with Crippen molar-refractivity contribution in [1.82, 2.24) is 0 Å². The molecule has 188 valence electrons. The van der Waals surface area contributed by atoms with Crippen LogP contribution in [0.1, 0.15) is 58.6 Å². The van der Waals surface area contributed by atoms with Crippen molar-refractivity contribution in [2.24, 2.45) is 0 Å². The molecule has 10 nitrogen and oxygen atoms in total. The highest BCUT2D eigenvalue weighted by Gasteiger charge is 2.53. The van der Waals surface area contributed by atoms with E-state index in [1.165, 1.54) is 13.8 Å². The number of carbonyl (C=O) groups excluding carboxylic acids is 4. The molecular formula is C24H32O10. The molecule has 1 fully saturated rings. The second kappa shape index (κ2) is 11.8. The average molecular weight is 481 g/mol. The van der Waals surface area contributed by atoms with Crippen LogP contribution in [-0.4, -0.2) is 61.2 Å². The highest BCUT2D eigenvalue weighted by molar-refractivity contribution is 5.68. The van der Waals surface area contributed by atoms with Gasteiger partial charge in [-0.2, -0.15) is 0 Å². The molecule has 0 aliphatic carbocycles. The van der Waals surface area contributed by atoms with E-state index in [2.05, 4.69) is 0 Å². The lowest BCUT2D eigenvalue weighted by molar-refractivity contribution is -0.288. The molecule has 0 N–H and O–H groups in total. The summed E-state index contributed by atoms with van der Waals surface area (Å²) in [5.74, 6) is -1.99. The highest BCUT2D eigenvalue weighted by atomic mass is 16.7. The minimum Gasteiger partial charge on any atom is -0.463 e. The Hall–Kier alpha value is -3.14. The maximum absolute atomic E-state index is 11.9. The van der Waals surface area contributed by atoms with Crippen molar-refractivity contribution in [3.63, 3.8) is 0 Å². The van der Waals surface area contributed by atoms with Crippen LogP contribution in [0.15, 0.2) is 18.2 Å². The summed E-state index contributed by atoms with van der Waals surface area (Å²) in [5, 5.41) is 0. The summed E-state index contributed by atoms with van der Waals surface area (Å²) in [6.07, 6.45) is -6.11. The molecule has 1 aliphatic heterocycles. The van der Waals surface area contributed by atoms with Crippen LogP contribution in [0.4, 0.5) is 0 Å². The maximum Gasteiger partial charge on any atom is 0.303 e. The van der Waals surface area contributed by atoms with Gasteiger partial charge in [0.25, 0.3) is 0 Å². The van der Waals surface area contributed by atoms with Gasteiger partial charge in [0.05, 0.1) is 0 Å². The van der Waals surface area contributed by atoms with E-state index in [0.717, 1.165) is 25.0 Å². The van der Waals surface area contributed by atoms with Gasteiger partial charge in [-0.05, 0) is 30.0 Å². The van der Waals surface area contributed by atoms with E-state index >= 15 is 0 Å². The van der Waals surface area contributed by atoms with Crippen LogP contribution in [0.5, 0.6) is 5.75 Å². The summed E-state index contributed by atoms with van der Waals surface area (Å²) in [6, 6.07) is 5.70. The molecule has 10 heteroatoms. The third kappa shape index (κ3) is 7.44. The predicted molar refractivity (Wildman–Crippen MR) is 118 cm³/mol. The van der Waals surface area contributed by atoms with Gasteiger partial charge < -0.3 is 28.4 Å². The minimum absolute atomic E-state index is 0.221. The van der Waals surface area contributed by atoms with Crippen LogP contribution >= 0.6 is 0 Å². The van der Waals surface area contributed by atoms with E-state index in [4.69, 9.17) is 28.4 Å². The summed E-state index contributed by atoms with van der Waals surface area (Å²) in [6.45, 7) is 10.3. The molecule has 1 aromatic rings. The van der Waals surface area contributed by atoms with Crippen LogP contribution in [0.3, 0.4) is 0 Å². The second-order valence-corrected chi connectivity index (χ2v) is 8.37. The first kappa shape index (κ1) is 27.1. The molecule has 0 spiro atoms. The Balaban J connectivity index is 2.51. The first-order valence-corrected chi connectivity index (χ1v) is 11.0. The smallest absolute Gasteiger partial charge is 0.303 e. The molecule has 0 unspecified atom stereocenters. The van der Waals surface area contributed by atoms with E-state index < -0.39 is 54.6 Å². The number of carbonyl (C=O) groups is 4. The number of esters is 4. The molecule has 0 amide bonds. The van der Waals surface area contributed by atoms with E-state index in [1.54, 1.807) is 0 Å². The summed E-state index contributed by atoms with van der Waals surface area (Å²) >= 11 is 0. The van der Waals surface area contributed by atoms with Gasteiger partial charge in [0.15, 0.2) is 12.2 Å². The standard InChI is InChI=1S/C24H32O10/c1-12(2)18-9-8-13(3)19(10-18)33-24-23(32-17(7)28)22(31-16(6)27)21(30-15(5)26)20(34-24)11-29-14(4)25/h8-10,12,20-24H,11H2,1-7H3/t20-,21-,22+,23-,24+/m0/s1. The Kier molecular flexibility index (Phi) is 9.43. The van der Waals surface area contributed by atoms with Gasteiger partial charge in [-0.15, -0.1) is 0 Å². The molecule has 1 heterocycles. The molecule has 5 atom stereocenters. The minimum atomic E-state index is -1.28. The number of benzene rings is 1. The van der Waals surface area contributed by atoms with Crippen molar-refractivity contribution in [3.8, 4) is 5.75 Å². The Bertz CT molecular complexity index is 909. The predicted octanol–water partition coefficient (Wildman–Crippen LogP) is 2.58. The molecule has 2 rings (SSSR count). The van der Waals surface area contributed by atoms with Crippen LogP contribution in [0.2, 0.25) is 0 Å². The Labute approximate surface area is 198 Å². The van der Waals surface area contributed by atoms with Crippen molar-refractivity contribution in [2.45, 2.75) is 85.1 Å². The first-order chi connectivity index (χ1) is 15.9. The average Bonchev–Trinajstić information content (AvgIpc) is 2.71. The van der Waals surface area contributed by atoms with E-state index in [-0.39, 0.29) is 12.5 Å². The molecule has 0 bridgehead atoms. The maximum atomic E-state index is 11.9. The number of hydrogen-bond donors (Lipinski definition) is 0. The second-order valence-electron chi connectivity index (χ2n) is 8.37. The fourth-order valence-electron chi connectivity index (χ4n) is 3.51. The third-order valence-electron chi connectivity index (χ3n) is 5.07. The van der Waals surface area contributed by atoms with E-state index in [0.29, 0.717) is 5.75 Å².